The van der Waals surface area contributed by atoms with Crippen molar-refractivity contribution in [1.82, 2.24) is 15.5 Å². The van der Waals surface area contributed by atoms with Crippen molar-refractivity contribution in [3.8, 4) is 0 Å². The molecule has 0 unspecified atom stereocenters. The molecule has 4 amide bonds. The number of piperazine rings is 1. The van der Waals surface area contributed by atoms with Crippen LogP contribution in [0.4, 0.5) is 10.5 Å². The Balaban J connectivity index is 1.77. The zero-order valence-corrected chi connectivity index (χ0v) is 12.8. The van der Waals surface area contributed by atoms with Crippen LogP contribution in [0.5, 0.6) is 0 Å². The van der Waals surface area contributed by atoms with Crippen LogP contribution in [0.15, 0.2) is 28.7 Å². The first-order chi connectivity index (χ1) is 10.0. The summed E-state index contributed by atoms with van der Waals surface area (Å²) in [5.41, 5.74) is 0.584. The van der Waals surface area contributed by atoms with Crippen LogP contribution in [0.2, 0.25) is 0 Å². The van der Waals surface area contributed by atoms with Gasteiger partial charge in [0, 0.05) is 23.2 Å². The summed E-state index contributed by atoms with van der Waals surface area (Å²) in [5, 5.41) is 7.46. The van der Waals surface area contributed by atoms with E-state index in [1.807, 2.05) is 0 Å². The SMILES string of the molecule is O=C1CN(CC(=O)NC(=O)Nc2ccc(Br)cc2)CCN1. The molecule has 7 nitrogen and oxygen atoms in total. The summed E-state index contributed by atoms with van der Waals surface area (Å²) in [6.45, 7) is 1.29. The van der Waals surface area contributed by atoms with Gasteiger partial charge >= 0.3 is 6.03 Å². The summed E-state index contributed by atoms with van der Waals surface area (Å²) in [5.74, 6) is -0.562. The number of urea groups is 1. The molecule has 21 heavy (non-hydrogen) atoms. The van der Waals surface area contributed by atoms with Crippen molar-refractivity contribution in [1.29, 1.82) is 0 Å². The lowest BCUT2D eigenvalue weighted by Gasteiger charge is -2.25. The van der Waals surface area contributed by atoms with E-state index in [1.165, 1.54) is 0 Å². The van der Waals surface area contributed by atoms with Gasteiger partial charge in [0.15, 0.2) is 0 Å². The van der Waals surface area contributed by atoms with E-state index in [1.54, 1.807) is 29.2 Å². The van der Waals surface area contributed by atoms with Gasteiger partial charge in [-0.1, -0.05) is 15.9 Å². The number of carbonyl (C=O) groups excluding carboxylic acids is 3. The van der Waals surface area contributed by atoms with Crippen LogP contribution < -0.4 is 16.0 Å². The highest BCUT2D eigenvalue weighted by Crippen LogP contribution is 2.13. The second kappa shape index (κ2) is 7.19. The fourth-order valence-electron chi connectivity index (χ4n) is 1.89. The van der Waals surface area contributed by atoms with Crippen LogP contribution in [0.3, 0.4) is 0 Å². The predicted octanol–water partition coefficient (Wildman–Crippen LogP) is 0.529. The van der Waals surface area contributed by atoms with E-state index < -0.39 is 11.9 Å². The normalized spacial score (nSPS) is 15.2. The second-order valence-electron chi connectivity index (χ2n) is 4.57. The highest BCUT2D eigenvalue weighted by atomic mass is 79.9. The Kier molecular flexibility index (Phi) is 5.29. The van der Waals surface area contributed by atoms with Crippen molar-refractivity contribution < 1.29 is 14.4 Å². The number of hydrogen-bond acceptors (Lipinski definition) is 4. The molecule has 0 saturated carbocycles. The Hall–Kier alpha value is -1.93. The summed E-state index contributed by atoms with van der Waals surface area (Å²) in [6.07, 6.45) is 0. The minimum absolute atomic E-state index is 0.0151. The van der Waals surface area contributed by atoms with Gasteiger partial charge in [-0.15, -0.1) is 0 Å². The summed E-state index contributed by atoms with van der Waals surface area (Å²) in [6, 6.07) is 6.39. The molecule has 3 N–H and O–H groups in total. The molecule has 1 aromatic carbocycles. The molecule has 1 aliphatic rings. The Labute approximate surface area is 130 Å². The zero-order chi connectivity index (χ0) is 15.2. The van der Waals surface area contributed by atoms with Gasteiger partial charge in [0.25, 0.3) is 0 Å². The summed E-state index contributed by atoms with van der Waals surface area (Å²) in [4.78, 5) is 36.2. The minimum Gasteiger partial charge on any atom is -0.354 e. The molecule has 112 valence electrons. The quantitative estimate of drug-likeness (QED) is 0.738. The first-order valence-electron chi connectivity index (χ1n) is 6.38. The van der Waals surface area contributed by atoms with Crippen molar-refractivity contribution in [2.24, 2.45) is 0 Å². The standard InChI is InChI=1S/C13H15BrN4O3/c14-9-1-3-10(4-2-9)16-13(21)17-12(20)8-18-6-5-15-11(19)7-18/h1-4H,5-8H2,(H,15,19)(H2,16,17,20,21). The monoisotopic (exact) mass is 354 g/mol. The molecule has 1 saturated heterocycles. The molecule has 0 atom stereocenters. The smallest absolute Gasteiger partial charge is 0.325 e. The highest BCUT2D eigenvalue weighted by molar-refractivity contribution is 9.10. The van der Waals surface area contributed by atoms with Crippen molar-refractivity contribution in [2.75, 3.05) is 31.5 Å². The number of benzene rings is 1. The van der Waals surface area contributed by atoms with Crippen LogP contribution in [-0.4, -0.2) is 48.9 Å². The van der Waals surface area contributed by atoms with E-state index >= 15 is 0 Å². The number of nitrogens with one attached hydrogen (secondary N) is 3. The number of halogens is 1. The average Bonchev–Trinajstić information content (AvgIpc) is 2.41. The highest BCUT2D eigenvalue weighted by Gasteiger charge is 2.19. The molecule has 0 aromatic heterocycles. The average molecular weight is 355 g/mol. The van der Waals surface area contributed by atoms with E-state index in [-0.39, 0.29) is 19.0 Å². The Morgan fingerprint density at radius 1 is 1.29 bits per heavy atom. The first-order valence-corrected chi connectivity index (χ1v) is 7.18. The van der Waals surface area contributed by atoms with Gasteiger partial charge in [-0.3, -0.25) is 19.8 Å². The number of rotatable bonds is 3. The number of nitrogens with zero attached hydrogens (tertiary/aromatic N) is 1. The number of anilines is 1. The van der Waals surface area contributed by atoms with Crippen molar-refractivity contribution in [3.63, 3.8) is 0 Å². The van der Waals surface area contributed by atoms with Gasteiger partial charge in [-0.25, -0.2) is 4.79 Å². The summed E-state index contributed by atoms with van der Waals surface area (Å²) < 4.78 is 0.896. The molecule has 1 aromatic rings. The van der Waals surface area contributed by atoms with Gasteiger partial charge in [0.1, 0.15) is 0 Å². The maximum atomic E-state index is 11.7. The first kappa shape index (κ1) is 15.5. The lowest BCUT2D eigenvalue weighted by Crippen LogP contribution is -2.51. The van der Waals surface area contributed by atoms with Crippen molar-refractivity contribution in [2.45, 2.75) is 0 Å². The van der Waals surface area contributed by atoms with E-state index in [4.69, 9.17) is 0 Å². The third-order valence-corrected chi connectivity index (χ3v) is 3.37. The molecule has 0 bridgehead atoms. The fourth-order valence-corrected chi connectivity index (χ4v) is 2.16. The van der Waals surface area contributed by atoms with E-state index in [9.17, 15) is 14.4 Å². The number of hydrogen-bond donors (Lipinski definition) is 3. The third kappa shape index (κ3) is 5.16. The maximum absolute atomic E-state index is 11.7. The van der Waals surface area contributed by atoms with Gasteiger partial charge in [-0.2, -0.15) is 0 Å². The summed E-state index contributed by atoms with van der Waals surface area (Å²) >= 11 is 3.29. The lowest BCUT2D eigenvalue weighted by atomic mass is 10.3. The van der Waals surface area contributed by atoms with Gasteiger partial charge in [-0.05, 0) is 24.3 Å². The largest absolute Gasteiger partial charge is 0.354 e. The number of imide groups is 1. The van der Waals surface area contributed by atoms with E-state index in [0.29, 0.717) is 18.8 Å². The second-order valence-corrected chi connectivity index (χ2v) is 5.49. The fraction of sp³-hybridized carbons (Fsp3) is 0.308. The predicted molar refractivity (Wildman–Crippen MR) is 80.8 cm³/mol. The van der Waals surface area contributed by atoms with Crippen molar-refractivity contribution >= 4 is 39.5 Å². The topological polar surface area (TPSA) is 90.5 Å². The van der Waals surface area contributed by atoms with Gasteiger partial charge < -0.3 is 10.6 Å². The Morgan fingerprint density at radius 2 is 2.00 bits per heavy atom. The molecule has 1 fully saturated rings. The van der Waals surface area contributed by atoms with Crippen LogP contribution in [0.25, 0.3) is 0 Å². The molecule has 0 radical (unpaired) electrons. The lowest BCUT2D eigenvalue weighted by molar-refractivity contribution is -0.126. The third-order valence-electron chi connectivity index (χ3n) is 2.84. The van der Waals surface area contributed by atoms with Crippen LogP contribution in [0, 0.1) is 0 Å². The molecular formula is C13H15BrN4O3. The molecule has 0 spiro atoms. The Morgan fingerprint density at radius 3 is 2.67 bits per heavy atom. The molecule has 1 aliphatic heterocycles. The zero-order valence-electron chi connectivity index (χ0n) is 11.2. The van der Waals surface area contributed by atoms with Crippen LogP contribution in [0.1, 0.15) is 0 Å². The minimum atomic E-state index is -0.594. The van der Waals surface area contributed by atoms with Gasteiger partial charge in [0.05, 0.1) is 13.1 Å². The van der Waals surface area contributed by atoms with Crippen molar-refractivity contribution in [3.05, 3.63) is 28.7 Å². The Bertz CT molecular complexity index is 547. The molecule has 0 aliphatic carbocycles. The van der Waals surface area contributed by atoms with Crippen LogP contribution in [-0.2, 0) is 9.59 Å². The molecule has 1 heterocycles. The molecule has 2 rings (SSSR count). The maximum Gasteiger partial charge on any atom is 0.325 e. The van der Waals surface area contributed by atoms with E-state index in [0.717, 1.165) is 4.47 Å². The molecule has 8 heteroatoms. The summed E-state index contributed by atoms with van der Waals surface area (Å²) in [7, 11) is 0. The van der Waals surface area contributed by atoms with Gasteiger partial charge in [0.2, 0.25) is 11.8 Å². The number of carbonyl (C=O) groups is 3. The van der Waals surface area contributed by atoms with E-state index in [2.05, 4.69) is 31.9 Å². The van der Waals surface area contributed by atoms with Crippen LogP contribution >= 0.6 is 15.9 Å². The molecular weight excluding hydrogens is 340 g/mol. The number of amides is 4.